The van der Waals surface area contributed by atoms with E-state index < -0.39 is 5.97 Å². The lowest BCUT2D eigenvalue weighted by Crippen LogP contribution is -1.91. The lowest BCUT2D eigenvalue weighted by atomic mass is 10.2. The van der Waals surface area contributed by atoms with Crippen molar-refractivity contribution in [1.29, 1.82) is 0 Å². The van der Waals surface area contributed by atoms with Crippen molar-refractivity contribution in [3.63, 3.8) is 0 Å². The summed E-state index contributed by atoms with van der Waals surface area (Å²) in [7, 11) is 0. The second-order valence-electron chi connectivity index (χ2n) is 3.00. The number of carboxylic acid groups (broad SMARTS) is 1. The van der Waals surface area contributed by atoms with Gasteiger partial charge in [-0.25, -0.2) is 4.39 Å². The molecule has 0 aliphatic carbocycles. The fourth-order valence-electron chi connectivity index (χ4n) is 1.06. The number of halogens is 2. The lowest BCUT2D eigenvalue weighted by molar-refractivity contribution is -0.136. The molecule has 0 heterocycles. The van der Waals surface area contributed by atoms with E-state index in [0.717, 1.165) is 3.57 Å². The number of benzene rings is 1. The normalized spacial score (nSPS) is 10.8. The summed E-state index contributed by atoms with van der Waals surface area (Å²) in [4.78, 5) is 10.2. The molecule has 0 saturated carbocycles. The second-order valence-corrected chi connectivity index (χ2v) is 4.25. The van der Waals surface area contributed by atoms with Crippen LogP contribution >= 0.6 is 22.6 Å². The monoisotopic (exact) mass is 320 g/mol. The first-order valence-electron chi connectivity index (χ1n) is 4.43. The van der Waals surface area contributed by atoms with Crippen LogP contribution in [-0.2, 0) is 4.79 Å². The molecule has 0 amide bonds. The summed E-state index contributed by atoms with van der Waals surface area (Å²) in [6, 6.07) is 4.80. The van der Waals surface area contributed by atoms with Crippen LogP contribution in [0.1, 0.15) is 18.4 Å². The fourth-order valence-corrected chi connectivity index (χ4v) is 1.57. The van der Waals surface area contributed by atoms with Crippen LogP contribution in [0.3, 0.4) is 0 Å². The Kier molecular flexibility index (Phi) is 4.74. The molecule has 0 bridgehead atoms. The highest BCUT2D eigenvalue weighted by Gasteiger charge is 1.98. The van der Waals surface area contributed by atoms with Crippen LogP contribution in [0.4, 0.5) is 4.39 Å². The summed E-state index contributed by atoms with van der Waals surface area (Å²) in [5.74, 6) is -1.13. The summed E-state index contributed by atoms with van der Waals surface area (Å²) in [6.45, 7) is 0. The predicted molar refractivity (Wildman–Crippen MR) is 65.0 cm³/mol. The highest BCUT2D eigenvalue weighted by Crippen LogP contribution is 2.14. The van der Waals surface area contributed by atoms with Crippen molar-refractivity contribution in [2.24, 2.45) is 0 Å². The van der Waals surface area contributed by atoms with E-state index in [0.29, 0.717) is 12.0 Å². The molecular weight excluding hydrogens is 310 g/mol. The average molecular weight is 320 g/mol. The van der Waals surface area contributed by atoms with Crippen molar-refractivity contribution in [2.75, 3.05) is 0 Å². The maximum atomic E-state index is 13.2. The van der Waals surface area contributed by atoms with E-state index in [-0.39, 0.29) is 12.2 Å². The van der Waals surface area contributed by atoms with Crippen molar-refractivity contribution in [2.45, 2.75) is 12.8 Å². The number of carbonyl (C=O) groups is 1. The average Bonchev–Trinajstić information content (AvgIpc) is 2.17. The molecule has 0 aliphatic rings. The molecule has 1 N–H and O–H groups in total. The molecular formula is C11H10FIO2. The quantitative estimate of drug-likeness (QED) is 0.864. The van der Waals surface area contributed by atoms with Gasteiger partial charge in [-0.2, -0.15) is 0 Å². The molecule has 80 valence electrons. The highest BCUT2D eigenvalue weighted by molar-refractivity contribution is 14.1. The molecule has 2 nitrogen and oxygen atoms in total. The molecule has 1 aromatic rings. The van der Waals surface area contributed by atoms with E-state index in [1.807, 2.05) is 0 Å². The van der Waals surface area contributed by atoms with Gasteiger partial charge in [0, 0.05) is 15.6 Å². The molecule has 1 aromatic carbocycles. The summed E-state index contributed by atoms with van der Waals surface area (Å²) in [5, 5.41) is 8.40. The molecule has 1 rings (SSSR count). The second kappa shape index (κ2) is 5.85. The zero-order valence-electron chi connectivity index (χ0n) is 7.91. The fraction of sp³-hybridized carbons (Fsp3) is 0.182. The first-order chi connectivity index (χ1) is 7.09. The Labute approximate surface area is 101 Å². The lowest BCUT2D eigenvalue weighted by Gasteiger charge is -1.97. The van der Waals surface area contributed by atoms with Crippen molar-refractivity contribution >= 4 is 34.6 Å². The Balaban J connectivity index is 2.63. The number of hydrogen-bond acceptors (Lipinski definition) is 1. The SMILES string of the molecule is O=C(O)CCC=Cc1cc(I)ccc1F. The Morgan fingerprint density at radius 1 is 1.53 bits per heavy atom. The van der Waals surface area contributed by atoms with Gasteiger partial charge < -0.3 is 5.11 Å². The van der Waals surface area contributed by atoms with Gasteiger partial charge in [0.15, 0.2) is 0 Å². The zero-order valence-corrected chi connectivity index (χ0v) is 10.1. The molecule has 0 spiro atoms. The van der Waals surface area contributed by atoms with Crippen molar-refractivity contribution in [1.82, 2.24) is 0 Å². The van der Waals surface area contributed by atoms with E-state index in [1.165, 1.54) is 6.07 Å². The summed E-state index contributed by atoms with van der Waals surface area (Å²) >= 11 is 2.10. The van der Waals surface area contributed by atoms with Gasteiger partial charge in [0.1, 0.15) is 5.82 Å². The number of aliphatic carboxylic acids is 1. The highest BCUT2D eigenvalue weighted by atomic mass is 127. The van der Waals surface area contributed by atoms with Crippen LogP contribution in [0.15, 0.2) is 24.3 Å². The van der Waals surface area contributed by atoms with Gasteiger partial charge in [0.05, 0.1) is 0 Å². The van der Waals surface area contributed by atoms with Gasteiger partial charge in [-0.05, 0) is 47.2 Å². The standard InChI is InChI=1S/C11H10FIO2/c12-10-6-5-9(13)7-8(10)3-1-2-4-11(14)15/h1,3,5-7H,2,4H2,(H,14,15). The summed E-state index contributed by atoms with van der Waals surface area (Å²) < 4.78 is 14.1. The van der Waals surface area contributed by atoms with Gasteiger partial charge in [-0.1, -0.05) is 12.2 Å². The van der Waals surface area contributed by atoms with E-state index in [4.69, 9.17) is 5.11 Å². The van der Waals surface area contributed by atoms with Gasteiger partial charge in [-0.15, -0.1) is 0 Å². The van der Waals surface area contributed by atoms with Crippen LogP contribution < -0.4 is 0 Å². The van der Waals surface area contributed by atoms with Crippen molar-refractivity contribution in [3.8, 4) is 0 Å². The third-order valence-electron chi connectivity index (χ3n) is 1.78. The van der Waals surface area contributed by atoms with Gasteiger partial charge in [-0.3, -0.25) is 4.79 Å². The van der Waals surface area contributed by atoms with Crippen LogP contribution in [0, 0.1) is 9.39 Å². The summed E-state index contributed by atoms with van der Waals surface area (Å²) in [5.41, 5.74) is 0.493. The first-order valence-corrected chi connectivity index (χ1v) is 5.51. The zero-order chi connectivity index (χ0) is 11.3. The minimum absolute atomic E-state index is 0.0715. The van der Waals surface area contributed by atoms with E-state index >= 15 is 0 Å². The third kappa shape index (κ3) is 4.42. The van der Waals surface area contributed by atoms with Crippen LogP contribution in [0.2, 0.25) is 0 Å². The van der Waals surface area contributed by atoms with Gasteiger partial charge >= 0.3 is 5.97 Å². The molecule has 0 unspecified atom stereocenters. The maximum Gasteiger partial charge on any atom is 0.303 e. The molecule has 0 radical (unpaired) electrons. The minimum atomic E-state index is -0.845. The third-order valence-corrected chi connectivity index (χ3v) is 2.45. The molecule has 0 saturated heterocycles. The Morgan fingerprint density at radius 2 is 2.27 bits per heavy atom. The van der Waals surface area contributed by atoms with Gasteiger partial charge in [0.25, 0.3) is 0 Å². The van der Waals surface area contributed by atoms with Gasteiger partial charge in [0.2, 0.25) is 0 Å². The topological polar surface area (TPSA) is 37.3 Å². The Hall–Kier alpha value is -0.910. The minimum Gasteiger partial charge on any atom is -0.481 e. The van der Waals surface area contributed by atoms with Crippen LogP contribution in [0.25, 0.3) is 6.08 Å². The first kappa shape index (κ1) is 12.2. The van der Waals surface area contributed by atoms with E-state index in [1.54, 1.807) is 24.3 Å². The predicted octanol–water partition coefficient (Wildman–Crippen LogP) is 3.31. The van der Waals surface area contributed by atoms with E-state index in [9.17, 15) is 9.18 Å². The maximum absolute atomic E-state index is 13.2. The molecule has 0 aromatic heterocycles. The molecule has 0 atom stereocenters. The largest absolute Gasteiger partial charge is 0.481 e. The molecule has 4 heteroatoms. The van der Waals surface area contributed by atoms with Crippen LogP contribution in [0.5, 0.6) is 0 Å². The number of hydrogen-bond donors (Lipinski definition) is 1. The number of rotatable bonds is 4. The van der Waals surface area contributed by atoms with E-state index in [2.05, 4.69) is 22.6 Å². The Morgan fingerprint density at radius 3 is 2.93 bits per heavy atom. The smallest absolute Gasteiger partial charge is 0.303 e. The number of carboxylic acids is 1. The van der Waals surface area contributed by atoms with Crippen molar-refractivity contribution in [3.05, 3.63) is 39.2 Å². The molecule has 15 heavy (non-hydrogen) atoms. The molecule has 0 fully saturated rings. The molecule has 0 aliphatic heterocycles. The summed E-state index contributed by atoms with van der Waals surface area (Å²) in [6.07, 6.45) is 3.77. The van der Waals surface area contributed by atoms with Crippen molar-refractivity contribution < 1.29 is 14.3 Å². The number of allylic oxidation sites excluding steroid dienone is 1. The van der Waals surface area contributed by atoms with Crippen LogP contribution in [-0.4, -0.2) is 11.1 Å². The Bertz CT molecular complexity index is 388.